The molecule has 3 N–H and O–H groups in total. The quantitative estimate of drug-likeness (QED) is 0.610. The standard InChI is InChI=1S/C19H23N3O5/c1-12(2)8-14-9-15(22-19(26)20-14)17(23)21-16(18(24)25)11-27-10-13-6-4-3-5-7-13/h3-7,9,12,16H,8,10-11H2,1-2H3,(H,21,23)(H,24,25)(H,20,22,26)/t16-/m0/s1. The van der Waals surface area contributed by atoms with Gasteiger partial charge in [-0.3, -0.25) is 4.79 Å². The Balaban J connectivity index is 2.01. The van der Waals surface area contributed by atoms with E-state index in [9.17, 15) is 19.5 Å². The third kappa shape index (κ3) is 6.67. The number of aromatic nitrogens is 2. The number of rotatable bonds is 9. The number of hydrogen-bond acceptors (Lipinski definition) is 5. The zero-order valence-electron chi connectivity index (χ0n) is 15.3. The largest absolute Gasteiger partial charge is 0.480 e. The van der Waals surface area contributed by atoms with Gasteiger partial charge in [-0.25, -0.2) is 9.59 Å². The highest BCUT2D eigenvalue weighted by Gasteiger charge is 2.22. The van der Waals surface area contributed by atoms with Crippen molar-refractivity contribution in [3.63, 3.8) is 0 Å². The van der Waals surface area contributed by atoms with Crippen molar-refractivity contribution in [1.29, 1.82) is 0 Å². The summed E-state index contributed by atoms with van der Waals surface area (Å²) in [7, 11) is 0. The number of nitrogens with zero attached hydrogens (tertiary/aromatic N) is 1. The van der Waals surface area contributed by atoms with Gasteiger partial charge in [0, 0.05) is 5.69 Å². The van der Waals surface area contributed by atoms with Crippen LogP contribution in [0, 0.1) is 5.92 Å². The summed E-state index contributed by atoms with van der Waals surface area (Å²) in [5.41, 5.74) is 0.694. The van der Waals surface area contributed by atoms with Gasteiger partial charge in [-0.1, -0.05) is 44.2 Å². The minimum absolute atomic E-state index is 0.122. The summed E-state index contributed by atoms with van der Waals surface area (Å²) in [5, 5.41) is 11.7. The zero-order valence-corrected chi connectivity index (χ0v) is 15.3. The number of carbonyl (C=O) groups excluding carboxylic acids is 1. The van der Waals surface area contributed by atoms with Crippen LogP contribution in [-0.2, 0) is 22.6 Å². The summed E-state index contributed by atoms with van der Waals surface area (Å²) < 4.78 is 5.40. The molecule has 0 unspecified atom stereocenters. The number of ether oxygens (including phenoxy) is 1. The van der Waals surface area contributed by atoms with Crippen LogP contribution in [0.3, 0.4) is 0 Å². The second-order valence-corrected chi connectivity index (χ2v) is 6.56. The van der Waals surface area contributed by atoms with Crippen LogP contribution in [0.5, 0.6) is 0 Å². The van der Waals surface area contributed by atoms with E-state index >= 15 is 0 Å². The first-order valence-corrected chi connectivity index (χ1v) is 8.60. The van der Waals surface area contributed by atoms with Crippen LogP contribution in [0.4, 0.5) is 0 Å². The Morgan fingerprint density at radius 2 is 1.96 bits per heavy atom. The minimum Gasteiger partial charge on any atom is -0.480 e. The third-order valence-corrected chi connectivity index (χ3v) is 3.66. The number of hydrogen-bond donors (Lipinski definition) is 3. The van der Waals surface area contributed by atoms with Gasteiger partial charge in [-0.05, 0) is 24.0 Å². The van der Waals surface area contributed by atoms with E-state index in [-0.39, 0.29) is 24.8 Å². The van der Waals surface area contributed by atoms with Gasteiger partial charge in [0.1, 0.15) is 5.69 Å². The molecule has 0 saturated carbocycles. The van der Waals surface area contributed by atoms with Crippen LogP contribution in [0.2, 0.25) is 0 Å². The first kappa shape index (κ1) is 20.3. The SMILES string of the molecule is CC(C)Cc1cc(C(=O)N[C@@H](COCc2ccccc2)C(=O)O)nc(=O)[nH]1. The maximum atomic E-state index is 12.3. The highest BCUT2D eigenvalue weighted by molar-refractivity contribution is 5.95. The minimum atomic E-state index is -1.25. The Morgan fingerprint density at radius 3 is 2.59 bits per heavy atom. The van der Waals surface area contributed by atoms with Crippen LogP contribution in [0.15, 0.2) is 41.2 Å². The molecule has 0 aliphatic carbocycles. The third-order valence-electron chi connectivity index (χ3n) is 3.66. The topological polar surface area (TPSA) is 121 Å². The molecule has 0 fully saturated rings. The number of carboxylic acid groups (broad SMARTS) is 1. The molecule has 8 nitrogen and oxygen atoms in total. The van der Waals surface area contributed by atoms with E-state index in [1.807, 2.05) is 44.2 Å². The summed E-state index contributed by atoms with van der Waals surface area (Å²) in [6.45, 7) is 3.96. The molecule has 1 aromatic heterocycles. The first-order valence-electron chi connectivity index (χ1n) is 8.60. The van der Waals surface area contributed by atoms with Gasteiger partial charge in [-0.15, -0.1) is 0 Å². The molecule has 144 valence electrons. The summed E-state index contributed by atoms with van der Waals surface area (Å²) in [4.78, 5) is 41.6. The lowest BCUT2D eigenvalue weighted by atomic mass is 10.1. The van der Waals surface area contributed by atoms with E-state index in [0.29, 0.717) is 12.1 Å². The highest BCUT2D eigenvalue weighted by Crippen LogP contribution is 2.05. The van der Waals surface area contributed by atoms with Gasteiger partial charge in [0.05, 0.1) is 13.2 Å². The Kier molecular flexibility index (Phi) is 7.25. The molecule has 1 amide bonds. The van der Waals surface area contributed by atoms with E-state index in [1.54, 1.807) is 0 Å². The molecule has 1 atom stereocenters. The molecule has 0 bridgehead atoms. The molecule has 0 saturated heterocycles. The maximum Gasteiger partial charge on any atom is 0.345 e. The second kappa shape index (κ2) is 9.63. The number of benzene rings is 1. The zero-order chi connectivity index (χ0) is 19.8. The van der Waals surface area contributed by atoms with Crippen LogP contribution < -0.4 is 11.0 Å². The molecule has 1 heterocycles. The monoisotopic (exact) mass is 373 g/mol. The fourth-order valence-electron chi connectivity index (χ4n) is 2.45. The molecule has 8 heteroatoms. The van der Waals surface area contributed by atoms with Crippen molar-refractivity contribution in [2.24, 2.45) is 5.92 Å². The average Bonchev–Trinajstić information content (AvgIpc) is 2.60. The van der Waals surface area contributed by atoms with Gasteiger partial charge in [0.2, 0.25) is 0 Å². The van der Waals surface area contributed by atoms with Gasteiger partial charge < -0.3 is 20.1 Å². The van der Waals surface area contributed by atoms with Crippen molar-refractivity contribution in [3.8, 4) is 0 Å². The predicted molar refractivity (Wildman–Crippen MR) is 98.4 cm³/mol. The Labute approximate surface area is 156 Å². The van der Waals surface area contributed by atoms with Crippen molar-refractivity contribution in [3.05, 3.63) is 63.8 Å². The fraction of sp³-hybridized carbons (Fsp3) is 0.368. The molecule has 0 aliphatic heterocycles. The number of amides is 1. The van der Waals surface area contributed by atoms with Crippen molar-refractivity contribution >= 4 is 11.9 Å². The van der Waals surface area contributed by atoms with Gasteiger partial charge in [-0.2, -0.15) is 4.98 Å². The lowest BCUT2D eigenvalue weighted by Gasteiger charge is -2.15. The molecule has 0 aliphatic rings. The van der Waals surface area contributed by atoms with Crippen LogP contribution in [0.25, 0.3) is 0 Å². The molecule has 2 rings (SSSR count). The van der Waals surface area contributed by atoms with E-state index in [2.05, 4.69) is 15.3 Å². The van der Waals surface area contributed by atoms with Crippen molar-refractivity contribution in [1.82, 2.24) is 15.3 Å². The molecule has 1 aromatic carbocycles. The molecular formula is C19H23N3O5. The first-order chi connectivity index (χ1) is 12.8. The van der Waals surface area contributed by atoms with Crippen molar-refractivity contribution < 1.29 is 19.4 Å². The molecule has 0 radical (unpaired) electrons. The Bertz CT molecular complexity index is 833. The summed E-state index contributed by atoms with van der Waals surface area (Å²) in [6.07, 6.45) is 0.570. The molecule has 27 heavy (non-hydrogen) atoms. The highest BCUT2D eigenvalue weighted by atomic mass is 16.5. The number of carboxylic acids is 1. The van der Waals surface area contributed by atoms with Gasteiger partial charge in [0.25, 0.3) is 5.91 Å². The number of aromatic amines is 1. The summed E-state index contributed by atoms with van der Waals surface area (Å²) >= 11 is 0. The molecule has 2 aromatic rings. The smallest absolute Gasteiger partial charge is 0.345 e. The lowest BCUT2D eigenvalue weighted by Crippen LogP contribution is -2.44. The lowest BCUT2D eigenvalue weighted by molar-refractivity contribution is -0.141. The Hall–Kier alpha value is -3.00. The second-order valence-electron chi connectivity index (χ2n) is 6.56. The van der Waals surface area contributed by atoms with Crippen LogP contribution in [-0.4, -0.2) is 39.6 Å². The average molecular weight is 373 g/mol. The summed E-state index contributed by atoms with van der Waals surface area (Å²) in [5.74, 6) is -1.69. The number of nitrogens with one attached hydrogen (secondary N) is 2. The normalized spacial score (nSPS) is 12.0. The van der Waals surface area contributed by atoms with Crippen molar-refractivity contribution in [2.45, 2.75) is 32.9 Å². The predicted octanol–water partition coefficient (Wildman–Crippen LogP) is 1.37. The summed E-state index contributed by atoms with van der Waals surface area (Å²) in [6, 6.07) is 9.48. The van der Waals surface area contributed by atoms with Crippen molar-refractivity contribution in [2.75, 3.05) is 6.61 Å². The Morgan fingerprint density at radius 1 is 1.26 bits per heavy atom. The van der Waals surface area contributed by atoms with Gasteiger partial charge >= 0.3 is 11.7 Å². The fourth-order valence-corrected chi connectivity index (χ4v) is 2.45. The van der Waals surface area contributed by atoms with Crippen LogP contribution in [0.1, 0.15) is 35.6 Å². The molecule has 0 spiro atoms. The number of carbonyl (C=O) groups is 2. The van der Waals surface area contributed by atoms with E-state index < -0.39 is 23.6 Å². The van der Waals surface area contributed by atoms with E-state index in [1.165, 1.54) is 6.07 Å². The van der Waals surface area contributed by atoms with Crippen LogP contribution >= 0.6 is 0 Å². The van der Waals surface area contributed by atoms with Gasteiger partial charge in [0.15, 0.2) is 6.04 Å². The molecular weight excluding hydrogens is 350 g/mol. The number of aliphatic carboxylic acids is 1. The van der Waals surface area contributed by atoms with E-state index in [4.69, 9.17) is 4.74 Å². The maximum absolute atomic E-state index is 12.3. The number of H-pyrrole nitrogens is 1. The van der Waals surface area contributed by atoms with E-state index in [0.717, 1.165) is 5.56 Å².